The summed E-state index contributed by atoms with van der Waals surface area (Å²) in [5, 5.41) is 5.06. The Labute approximate surface area is 215 Å². The van der Waals surface area contributed by atoms with Crippen LogP contribution in [-0.2, 0) is 11.3 Å². The standard InChI is InChI=1S/C26H33FN6O4/c1-29-24(31-25(34)33(3)19-11-13-32(2)14-12-19)16-23(28)37-20-9-10-22(21(27)15-20)30-26(35)36-17-18-7-5-4-6-8-18/h4-10,15-16,19H,11-14,17,28H2,1-3H3,(H,30,35)(H,29,31,34). The van der Waals surface area contributed by atoms with Gasteiger partial charge in [0.05, 0.1) is 5.69 Å². The number of nitrogens with two attached hydrogens (primary N) is 1. The molecule has 198 valence electrons. The molecule has 0 saturated carbocycles. The zero-order chi connectivity index (χ0) is 26.8. The van der Waals surface area contributed by atoms with Crippen molar-refractivity contribution in [2.75, 3.05) is 39.5 Å². The molecular weight excluding hydrogens is 479 g/mol. The fraction of sp³-hybridized carbons (Fsp3) is 0.346. The van der Waals surface area contributed by atoms with Gasteiger partial charge in [-0.3, -0.25) is 15.6 Å². The number of aliphatic imine (C=N–C) groups is 1. The number of benzene rings is 2. The Hall–Kier alpha value is -4.12. The molecular formula is C26H33FN6O4. The number of hydrogen-bond acceptors (Lipinski definition) is 7. The third-order valence-corrected chi connectivity index (χ3v) is 5.94. The van der Waals surface area contributed by atoms with E-state index in [2.05, 4.69) is 27.6 Å². The number of carbonyl (C=O) groups is 2. The van der Waals surface area contributed by atoms with Gasteiger partial charge < -0.3 is 25.0 Å². The summed E-state index contributed by atoms with van der Waals surface area (Å²) in [5.74, 6) is -0.550. The van der Waals surface area contributed by atoms with Gasteiger partial charge in [-0.1, -0.05) is 30.3 Å². The van der Waals surface area contributed by atoms with Crippen LogP contribution in [0.15, 0.2) is 65.5 Å². The highest BCUT2D eigenvalue weighted by atomic mass is 19.1. The third-order valence-electron chi connectivity index (χ3n) is 5.94. The second kappa shape index (κ2) is 13.3. The van der Waals surface area contributed by atoms with Gasteiger partial charge in [-0.2, -0.15) is 0 Å². The van der Waals surface area contributed by atoms with E-state index in [1.54, 1.807) is 11.9 Å². The van der Waals surface area contributed by atoms with Crippen LogP contribution in [0, 0.1) is 5.82 Å². The maximum atomic E-state index is 14.5. The van der Waals surface area contributed by atoms with Crippen LogP contribution in [-0.4, -0.2) is 68.0 Å². The molecule has 3 rings (SSSR count). The van der Waals surface area contributed by atoms with Crippen LogP contribution in [0.1, 0.15) is 18.4 Å². The molecule has 1 fully saturated rings. The average Bonchev–Trinajstić information content (AvgIpc) is 2.89. The summed E-state index contributed by atoms with van der Waals surface area (Å²) in [5.41, 5.74) is 6.66. The molecule has 1 heterocycles. The van der Waals surface area contributed by atoms with Gasteiger partial charge in [-0.15, -0.1) is 0 Å². The molecule has 0 aliphatic carbocycles. The summed E-state index contributed by atoms with van der Waals surface area (Å²) < 4.78 is 25.1. The van der Waals surface area contributed by atoms with E-state index in [1.165, 1.54) is 25.3 Å². The quantitative estimate of drug-likeness (QED) is 0.297. The van der Waals surface area contributed by atoms with Crippen LogP contribution >= 0.6 is 0 Å². The topological polar surface area (TPSA) is 122 Å². The molecule has 0 aromatic heterocycles. The maximum absolute atomic E-state index is 14.5. The Balaban J connectivity index is 1.52. The van der Waals surface area contributed by atoms with E-state index in [0.29, 0.717) is 0 Å². The van der Waals surface area contributed by atoms with Crippen LogP contribution < -0.4 is 21.1 Å². The molecule has 0 atom stereocenters. The van der Waals surface area contributed by atoms with Crippen molar-refractivity contribution in [1.82, 2.24) is 15.1 Å². The molecule has 0 radical (unpaired) electrons. The van der Waals surface area contributed by atoms with Crippen molar-refractivity contribution in [3.63, 3.8) is 0 Å². The molecule has 37 heavy (non-hydrogen) atoms. The summed E-state index contributed by atoms with van der Waals surface area (Å²) in [6, 6.07) is 12.8. The fourth-order valence-electron chi connectivity index (χ4n) is 3.73. The monoisotopic (exact) mass is 512 g/mol. The average molecular weight is 513 g/mol. The molecule has 1 saturated heterocycles. The minimum atomic E-state index is -0.791. The number of urea groups is 1. The van der Waals surface area contributed by atoms with Crippen LogP contribution in [0.2, 0.25) is 0 Å². The molecule has 2 aromatic rings. The second-order valence-electron chi connectivity index (χ2n) is 8.66. The number of halogens is 1. The number of piperidine rings is 1. The fourth-order valence-corrected chi connectivity index (χ4v) is 3.73. The van der Waals surface area contributed by atoms with Crippen molar-refractivity contribution >= 4 is 23.6 Å². The van der Waals surface area contributed by atoms with Crippen molar-refractivity contribution in [3.05, 3.63) is 71.9 Å². The summed E-state index contributed by atoms with van der Waals surface area (Å²) >= 11 is 0. The normalized spacial score (nSPS) is 15.1. The third kappa shape index (κ3) is 8.50. The first-order valence-electron chi connectivity index (χ1n) is 11.9. The number of carbonyl (C=O) groups excluding carboxylic acids is 2. The number of nitrogens with zero attached hydrogens (tertiary/aromatic N) is 3. The first kappa shape index (κ1) is 27.5. The van der Waals surface area contributed by atoms with Crippen LogP contribution in [0.5, 0.6) is 5.75 Å². The highest BCUT2D eigenvalue weighted by Gasteiger charge is 2.24. The van der Waals surface area contributed by atoms with E-state index in [-0.39, 0.29) is 41.8 Å². The zero-order valence-corrected chi connectivity index (χ0v) is 21.2. The lowest BCUT2D eigenvalue weighted by Crippen LogP contribution is -2.49. The Morgan fingerprint density at radius 3 is 2.57 bits per heavy atom. The molecule has 0 bridgehead atoms. The lowest BCUT2D eigenvalue weighted by Gasteiger charge is -2.35. The van der Waals surface area contributed by atoms with Gasteiger partial charge in [-0.05, 0) is 50.7 Å². The lowest BCUT2D eigenvalue weighted by molar-refractivity contribution is 0.151. The Morgan fingerprint density at radius 1 is 1.22 bits per heavy atom. The molecule has 10 nitrogen and oxygen atoms in total. The first-order valence-corrected chi connectivity index (χ1v) is 11.9. The molecule has 11 heteroatoms. The van der Waals surface area contributed by atoms with Crippen LogP contribution in [0.3, 0.4) is 0 Å². The first-order chi connectivity index (χ1) is 17.7. The van der Waals surface area contributed by atoms with Crippen molar-refractivity contribution in [3.8, 4) is 5.75 Å². The number of anilines is 1. The lowest BCUT2D eigenvalue weighted by atomic mass is 10.0. The summed E-state index contributed by atoms with van der Waals surface area (Å²) in [6.45, 7) is 1.91. The van der Waals surface area contributed by atoms with E-state index in [9.17, 15) is 14.0 Å². The molecule has 0 spiro atoms. The highest BCUT2D eigenvalue weighted by molar-refractivity contribution is 6.03. The molecule has 4 N–H and O–H groups in total. The molecule has 1 aliphatic heterocycles. The zero-order valence-electron chi connectivity index (χ0n) is 21.2. The minimum absolute atomic E-state index is 0.0580. The van der Waals surface area contributed by atoms with E-state index < -0.39 is 11.9 Å². The Bertz CT molecular complexity index is 1130. The largest absolute Gasteiger partial charge is 0.444 e. The number of rotatable bonds is 7. The van der Waals surface area contributed by atoms with Crippen molar-refractivity contribution in [1.29, 1.82) is 0 Å². The van der Waals surface area contributed by atoms with E-state index in [1.807, 2.05) is 30.3 Å². The van der Waals surface area contributed by atoms with Gasteiger partial charge in [0.1, 0.15) is 18.2 Å². The SMILES string of the molecule is CN=C(C=C(N)Oc1ccc(NC(=O)OCc2ccccc2)c(F)c1)NC(=O)N(C)C1CCN(C)CC1. The van der Waals surface area contributed by atoms with Gasteiger partial charge in [0.2, 0.25) is 0 Å². The molecule has 3 amide bonds. The van der Waals surface area contributed by atoms with Gasteiger partial charge >= 0.3 is 12.1 Å². The maximum Gasteiger partial charge on any atom is 0.412 e. The molecule has 1 aliphatic rings. The van der Waals surface area contributed by atoms with Gasteiger partial charge in [0, 0.05) is 32.3 Å². The number of hydrogen-bond donors (Lipinski definition) is 3. The molecule has 0 unspecified atom stereocenters. The number of likely N-dealkylation sites (tertiary alicyclic amines) is 1. The smallest absolute Gasteiger partial charge is 0.412 e. The van der Waals surface area contributed by atoms with E-state index in [4.69, 9.17) is 15.2 Å². The molecule has 2 aromatic carbocycles. The summed E-state index contributed by atoms with van der Waals surface area (Å²) in [6.07, 6.45) is 2.33. The number of nitrogens with one attached hydrogen (secondary N) is 2. The summed E-state index contributed by atoms with van der Waals surface area (Å²) in [4.78, 5) is 32.6. The van der Waals surface area contributed by atoms with Crippen LogP contribution in [0.4, 0.5) is 19.7 Å². The summed E-state index contributed by atoms with van der Waals surface area (Å²) in [7, 11) is 5.31. The Morgan fingerprint density at radius 2 is 1.92 bits per heavy atom. The predicted molar refractivity (Wildman–Crippen MR) is 140 cm³/mol. The van der Waals surface area contributed by atoms with E-state index in [0.717, 1.165) is 37.6 Å². The highest BCUT2D eigenvalue weighted by Crippen LogP contribution is 2.22. The van der Waals surface area contributed by atoms with Crippen molar-refractivity contribution < 1.29 is 23.5 Å². The van der Waals surface area contributed by atoms with Gasteiger partial charge in [0.25, 0.3) is 0 Å². The van der Waals surface area contributed by atoms with Crippen LogP contribution in [0.25, 0.3) is 0 Å². The van der Waals surface area contributed by atoms with Gasteiger partial charge in [-0.25, -0.2) is 14.0 Å². The van der Waals surface area contributed by atoms with Crippen molar-refractivity contribution in [2.45, 2.75) is 25.5 Å². The number of amides is 3. The number of ether oxygens (including phenoxy) is 2. The number of amidine groups is 1. The predicted octanol–water partition coefficient (Wildman–Crippen LogP) is 3.52. The van der Waals surface area contributed by atoms with E-state index >= 15 is 0 Å². The van der Waals surface area contributed by atoms with Crippen molar-refractivity contribution in [2.24, 2.45) is 10.7 Å². The van der Waals surface area contributed by atoms with Gasteiger partial charge in [0.15, 0.2) is 11.7 Å². The second-order valence-corrected chi connectivity index (χ2v) is 8.66. The minimum Gasteiger partial charge on any atom is -0.444 e. The Kier molecular flexibility index (Phi) is 9.84.